The molecule has 3 aromatic carbocycles. The fourth-order valence-electron chi connectivity index (χ4n) is 2.23. The van der Waals surface area contributed by atoms with Gasteiger partial charge in [0, 0.05) is 22.5 Å². The van der Waals surface area contributed by atoms with E-state index >= 15 is 0 Å². The molecule has 0 aliphatic carbocycles. The second kappa shape index (κ2) is 7.40. The summed E-state index contributed by atoms with van der Waals surface area (Å²) >= 11 is 0. The molecule has 0 fully saturated rings. The molecule has 3 aromatic rings. The summed E-state index contributed by atoms with van der Waals surface area (Å²) in [6, 6.07) is 20.9. The highest BCUT2D eigenvalue weighted by atomic mass is 19.1. The Bertz CT molecular complexity index is 876. The number of halogens is 1. The molecule has 0 bridgehead atoms. The van der Waals surface area contributed by atoms with Gasteiger partial charge in [-0.1, -0.05) is 18.2 Å². The smallest absolute Gasteiger partial charge is 0.255 e. The topological polar surface area (TPSA) is 58.2 Å². The lowest BCUT2D eigenvalue weighted by Crippen LogP contribution is -2.13. The van der Waals surface area contributed by atoms with Gasteiger partial charge in [0.15, 0.2) is 0 Å². The first-order chi connectivity index (χ1) is 12.1. The van der Waals surface area contributed by atoms with Gasteiger partial charge >= 0.3 is 0 Å². The molecule has 25 heavy (non-hydrogen) atoms. The van der Waals surface area contributed by atoms with Crippen molar-refractivity contribution >= 4 is 23.2 Å². The Hall–Kier alpha value is -3.47. The normalized spacial score (nSPS) is 10.1. The molecule has 0 aromatic heterocycles. The van der Waals surface area contributed by atoms with Gasteiger partial charge in [-0.25, -0.2) is 4.39 Å². The zero-order valence-electron chi connectivity index (χ0n) is 13.2. The Morgan fingerprint density at radius 3 is 1.56 bits per heavy atom. The highest BCUT2D eigenvalue weighted by molar-refractivity contribution is 6.06. The largest absolute Gasteiger partial charge is 0.322 e. The van der Waals surface area contributed by atoms with Crippen LogP contribution in [0.25, 0.3) is 0 Å². The van der Waals surface area contributed by atoms with Crippen LogP contribution in [0.5, 0.6) is 0 Å². The van der Waals surface area contributed by atoms with Crippen molar-refractivity contribution in [2.45, 2.75) is 0 Å². The molecule has 0 saturated carbocycles. The minimum Gasteiger partial charge on any atom is -0.322 e. The summed E-state index contributed by atoms with van der Waals surface area (Å²) in [7, 11) is 0. The van der Waals surface area contributed by atoms with Crippen molar-refractivity contribution in [2.24, 2.45) is 0 Å². The molecule has 0 unspecified atom stereocenters. The van der Waals surface area contributed by atoms with Crippen molar-refractivity contribution in [1.82, 2.24) is 0 Å². The average Bonchev–Trinajstić information content (AvgIpc) is 2.63. The lowest BCUT2D eigenvalue weighted by molar-refractivity contribution is 0.102. The summed E-state index contributed by atoms with van der Waals surface area (Å²) in [5.74, 6) is -0.977. The summed E-state index contributed by atoms with van der Waals surface area (Å²) in [6.45, 7) is 0. The van der Waals surface area contributed by atoms with Gasteiger partial charge in [0.2, 0.25) is 0 Å². The fourth-order valence-corrected chi connectivity index (χ4v) is 2.23. The van der Waals surface area contributed by atoms with Crippen molar-refractivity contribution in [3.8, 4) is 0 Å². The van der Waals surface area contributed by atoms with E-state index in [-0.39, 0.29) is 11.8 Å². The van der Waals surface area contributed by atoms with Crippen molar-refractivity contribution in [1.29, 1.82) is 0 Å². The maximum absolute atomic E-state index is 12.9. The predicted molar refractivity (Wildman–Crippen MR) is 95.2 cm³/mol. The molecular formula is C20H15FN2O2. The Morgan fingerprint density at radius 1 is 0.600 bits per heavy atom. The van der Waals surface area contributed by atoms with E-state index in [4.69, 9.17) is 0 Å². The van der Waals surface area contributed by atoms with Crippen LogP contribution >= 0.6 is 0 Å². The molecular weight excluding hydrogens is 319 g/mol. The van der Waals surface area contributed by atoms with Gasteiger partial charge in [-0.2, -0.15) is 0 Å². The van der Waals surface area contributed by atoms with Gasteiger partial charge in [-0.15, -0.1) is 0 Å². The maximum atomic E-state index is 12.9. The van der Waals surface area contributed by atoms with E-state index in [2.05, 4.69) is 10.6 Å². The monoisotopic (exact) mass is 334 g/mol. The molecule has 0 spiro atoms. The number of hydrogen-bond acceptors (Lipinski definition) is 2. The van der Waals surface area contributed by atoms with Crippen LogP contribution in [-0.2, 0) is 0 Å². The predicted octanol–water partition coefficient (Wildman–Crippen LogP) is 4.33. The summed E-state index contributed by atoms with van der Waals surface area (Å²) in [5, 5.41) is 5.49. The SMILES string of the molecule is O=C(Nc1ccc(C(=O)Nc2ccccc2)cc1)c1ccc(F)cc1. The Morgan fingerprint density at radius 2 is 1.04 bits per heavy atom. The molecule has 4 nitrogen and oxygen atoms in total. The standard InChI is InChI=1S/C20H15FN2O2/c21-16-10-6-14(7-11-16)19(24)23-18-12-8-15(9-13-18)20(25)22-17-4-2-1-3-5-17/h1-13H,(H,22,25)(H,23,24). The number of hydrogen-bond donors (Lipinski definition) is 2. The molecule has 2 amide bonds. The average molecular weight is 334 g/mol. The Kier molecular flexibility index (Phi) is 4.85. The van der Waals surface area contributed by atoms with Crippen LogP contribution in [0.4, 0.5) is 15.8 Å². The lowest BCUT2D eigenvalue weighted by Gasteiger charge is -2.08. The summed E-state index contributed by atoms with van der Waals surface area (Å²) in [6.07, 6.45) is 0. The fraction of sp³-hybridized carbons (Fsp3) is 0. The van der Waals surface area contributed by atoms with E-state index in [0.29, 0.717) is 22.5 Å². The first-order valence-electron chi connectivity index (χ1n) is 7.65. The van der Waals surface area contributed by atoms with Crippen molar-refractivity contribution in [3.63, 3.8) is 0 Å². The molecule has 0 saturated heterocycles. The number of para-hydroxylation sites is 1. The van der Waals surface area contributed by atoms with Gasteiger partial charge in [0.05, 0.1) is 0 Å². The van der Waals surface area contributed by atoms with E-state index in [9.17, 15) is 14.0 Å². The zero-order chi connectivity index (χ0) is 17.6. The minimum atomic E-state index is -0.398. The van der Waals surface area contributed by atoms with Crippen LogP contribution in [0, 0.1) is 5.82 Å². The third-order valence-corrected chi connectivity index (χ3v) is 3.54. The maximum Gasteiger partial charge on any atom is 0.255 e. The number of amides is 2. The summed E-state index contributed by atoms with van der Waals surface area (Å²) in [5.41, 5.74) is 2.09. The lowest BCUT2D eigenvalue weighted by atomic mass is 10.1. The first kappa shape index (κ1) is 16.4. The molecule has 0 atom stereocenters. The number of carbonyl (C=O) groups is 2. The van der Waals surface area contributed by atoms with Crippen LogP contribution in [0.1, 0.15) is 20.7 Å². The molecule has 0 aliphatic heterocycles. The molecule has 2 N–H and O–H groups in total. The van der Waals surface area contributed by atoms with Crippen molar-refractivity contribution in [3.05, 3.63) is 95.8 Å². The number of nitrogens with one attached hydrogen (secondary N) is 2. The first-order valence-corrected chi connectivity index (χ1v) is 7.65. The Labute approximate surface area is 144 Å². The van der Waals surface area contributed by atoms with Gasteiger partial charge in [0.25, 0.3) is 11.8 Å². The zero-order valence-corrected chi connectivity index (χ0v) is 13.2. The highest BCUT2D eigenvalue weighted by Crippen LogP contribution is 2.14. The van der Waals surface area contributed by atoms with E-state index in [1.807, 2.05) is 18.2 Å². The molecule has 0 heterocycles. The van der Waals surface area contributed by atoms with Crippen LogP contribution in [-0.4, -0.2) is 11.8 Å². The molecule has 0 radical (unpaired) electrons. The van der Waals surface area contributed by atoms with Crippen LogP contribution in [0.15, 0.2) is 78.9 Å². The van der Waals surface area contributed by atoms with E-state index in [1.165, 1.54) is 24.3 Å². The van der Waals surface area contributed by atoms with Crippen molar-refractivity contribution in [2.75, 3.05) is 10.6 Å². The quantitative estimate of drug-likeness (QED) is 0.746. The van der Waals surface area contributed by atoms with E-state index in [1.54, 1.807) is 36.4 Å². The Balaban J connectivity index is 1.64. The van der Waals surface area contributed by atoms with Crippen molar-refractivity contribution < 1.29 is 14.0 Å². The van der Waals surface area contributed by atoms with Gasteiger partial charge < -0.3 is 10.6 Å². The van der Waals surface area contributed by atoms with Gasteiger partial charge in [0.1, 0.15) is 5.82 Å². The third-order valence-electron chi connectivity index (χ3n) is 3.54. The van der Waals surface area contributed by atoms with Crippen LogP contribution in [0.2, 0.25) is 0 Å². The minimum absolute atomic E-state index is 0.234. The molecule has 0 aliphatic rings. The second-order valence-corrected chi connectivity index (χ2v) is 5.36. The molecule has 124 valence electrons. The van der Waals surface area contributed by atoms with Gasteiger partial charge in [-0.05, 0) is 60.7 Å². The highest BCUT2D eigenvalue weighted by Gasteiger charge is 2.08. The van der Waals surface area contributed by atoms with Crippen LogP contribution < -0.4 is 10.6 Å². The number of rotatable bonds is 4. The van der Waals surface area contributed by atoms with Crippen LogP contribution in [0.3, 0.4) is 0 Å². The number of anilines is 2. The number of benzene rings is 3. The van der Waals surface area contributed by atoms with E-state index in [0.717, 1.165) is 0 Å². The van der Waals surface area contributed by atoms with E-state index < -0.39 is 5.82 Å². The van der Waals surface area contributed by atoms with Gasteiger partial charge in [-0.3, -0.25) is 9.59 Å². The summed E-state index contributed by atoms with van der Waals surface area (Å²) < 4.78 is 12.9. The second-order valence-electron chi connectivity index (χ2n) is 5.36. The number of carbonyl (C=O) groups excluding carboxylic acids is 2. The molecule has 3 rings (SSSR count). The third kappa shape index (κ3) is 4.29. The molecule has 5 heteroatoms. The summed E-state index contributed by atoms with van der Waals surface area (Å²) in [4.78, 5) is 24.2.